The van der Waals surface area contributed by atoms with E-state index in [0.29, 0.717) is 13.1 Å². The van der Waals surface area contributed by atoms with Crippen LogP contribution in [0.4, 0.5) is 4.39 Å². The second-order valence-electron chi connectivity index (χ2n) is 11.4. The predicted octanol–water partition coefficient (Wildman–Crippen LogP) is 0.871. The number of piperidine rings is 1. The van der Waals surface area contributed by atoms with Gasteiger partial charge in [0.2, 0.25) is 5.78 Å². The number of carbonyl (C=O) groups excluding carboxylic acids is 3. The lowest BCUT2D eigenvalue weighted by Gasteiger charge is -2.50. The summed E-state index contributed by atoms with van der Waals surface area (Å²) < 4.78 is 21.3. The Morgan fingerprint density at radius 3 is 2.45 bits per heavy atom. The molecule has 1 amide bonds. The van der Waals surface area contributed by atoms with Crippen LogP contribution < -0.4 is 5.73 Å². The molecule has 0 radical (unpaired) electrons. The molecule has 40 heavy (non-hydrogen) atoms. The highest BCUT2D eigenvalue weighted by Gasteiger charge is 2.63. The molecule has 0 aromatic heterocycles. The first-order valence-corrected chi connectivity index (χ1v) is 13.3. The van der Waals surface area contributed by atoms with E-state index in [1.165, 1.54) is 11.0 Å². The first-order chi connectivity index (χ1) is 18.8. The molecular weight excluding hydrogens is 525 g/mol. The Morgan fingerprint density at radius 2 is 1.88 bits per heavy atom. The maximum absolute atomic E-state index is 15.9. The zero-order chi connectivity index (χ0) is 29.3. The number of halogens is 1. The number of nitrogens with zero attached hydrogens (tertiary/aromatic N) is 2. The van der Waals surface area contributed by atoms with Gasteiger partial charge in [-0.1, -0.05) is 0 Å². The number of nitrogens with two attached hydrogens (primary N) is 1. The van der Waals surface area contributed by atoms with E-state index in [9.17, 15) is 34.8 Å². The number of primary amides is 1. The van der Waals surface area contributed by atoms with E-state index < -0.39 is 69.6 Å². The van der Waals surface area contributed by atoms with Crippen LogP contribution in [0.5, 0.6) is 5.75 Å². The van der Waals surface area contributed by atoms with Gasteiger partial charge in [0.25, 0.3) is 5.91 Å². The van der Waals surface area contributed by atoms with Crippen molar-refractivity contribution >= 4 is 17.5 Å². The SMILES string of the molecule is COC1CCN(Cc2cc(O)c3c(c2F)C[C@H]2C[C@H]4[C@H](N(C)C)C(O)=C(C(N)=O)C(=O)[C@@]4(O)C(O)=C2C3=O)CC1. The number of phenolic OH excluding ortho intramolecular Hbond substituents is 1. The van der Waals surface area contributed by atoms with Crippen LogP contribution in [0.1, 0.15) is 40.7 Å². The largest absolute Gasteiger partial charge is 0.510 e. The summed E-state index contributed by atoms with van der Waals surface area (Å²) in [6.45, 7) is 1.59. The van der Waals surface area contributed by atoms with Gasteiger partial charge in [0.1, 0.15) is 28.7 Å². The Bertz CT molecular complexity index is 1360. The number of aromatic hydroxyl groups is 1. The fourth-order valence-corrected chi connectivity index (χ4v) is 7.01. The van der Waals surface area contributed by atoms with Gasteiger partial charge in [-0.05, 0) is 51.8 Å². The van der Waals surface area contributed by atoms with Crippen molar-refractivity contribution in [3.05, 3.63) is 51.2 Å². The summed E-state index contributed by atoms with van der Waals surface area (Å²) in [5.74, 6) is -8.23. The van der Waals surface area contributed by atoms with Gasteiger partial charge in [-0.3, -0.25) is 24.2 Å². The van der Waals surface area contributed by atoms with Crippen molar-refractivity contribution < 1.29 is 43.9 Å². The molecule has 1 heterocycles. The molecule has 1 aromatic rings. The Balaban J connectivity index is 1.57. The molecule has 0 spiro atoms. The number of carbonyl (C=O) groups is 3. The van der Waals surface area contributed by atoms with E-state index in [1.807, 2.05) is 4.90 Å². The normalized spacial score (nSPS) is 29.5. The number of allylic oxidation sites excluding steroid dienone is 1. The molecule has 0 saturated carbocycles. The number of methoxy groups -OCH3 is 1. The average molecular weight is 560 g/mol. The van der Waals surface area contributed by atoms with E-state index in [-0.39, 0.29) is 47.8 Å². The van der Waals surface area contributed by atoms with Gasteiger partial charge in [-0.2, -0.15) is 0 Å². The average Bonchev–Trinajstić information content (AvgIpc) is 2.89. The molecular formula is C28H34FN3O8. The zero-order valence-corrected chi connectivity index (χ0v) is 22.6. The molecule has 1 aliphatic heterocycles. The number of benzene rings is 1. The van der Waals surface area contributed by atoms with Gasteiger partial charge in [0.05, 0.1) is 17.7 Å². The topological polar surface area (TPSA) is 174 Å². The van der Waals surface area contributed by atoms with Crippen molar-refractivity contribution in [1.29, 1.82) is 0 Å². The van der Waals surface area contributed by atoms with Gasteiger partial charge in [0.15, 0.2) is 11.4 Å². The highest BCUT2D eigenvalue weighted by Crippen LogP contribution is 2.52. The maximum Gasteiger partial charge on any atom is 0.255 e. The summed E-state index contributed by atoms with van der Waals surface area (Å²) in [5, 5.41) is 44.6. The van der Waals surface area contributed by atoms with Gasteiger partial charge >= 0.3 is 0 Å². The summed E-state index contributed by atoms with van der Waals surface area (Å²) >= 11 is 0. The van der Waals surface area contributed by atoms with Crippen LogP contribution in [0.25, 0.3) is 0 Å². The molecule has 5 rings (SSSR count). The molecule has 4 aliphatic rings. The van der Waals surface area contributed by atoms with Crippen molar-refractivity contribution in [2.24, 2.45) is 17.6 Å². The lowest BCUT2D eigenvalue weighted by molar-refractivity contribution is -0.148. The van der Waals surface area contributed by atoms with Crippen molar-refractivity contribution in [3.63, 3.8) is 0 Å². The van der Waals surface area contributed by atoms with Crippen LogP contribution in [-0.4, -0.2) is 99.7 Å². The number of amides is 1. The van der Waals surface area contributed by atoms with Crippen LogP contribution in [0, 0.1) is 17.7 Å². The smallest absolute Gasteiger partial charge is 0.255 e. The molecule has 1 fully saturated rings. The third-order valence-corrected chi connectivity index (χ3v) is 8.99. The number of hydrogen-bond acceptors (Lipinski definition) is 10. The highest BCUT2D eigenvalue weighted by atomic mass is 19.1. The number of likely N-dealkylation sites (N-methyl/N-ethyl adjacent to an activating group) is 1. The van der Waals surface area contributed by atoms with Crippen LogP contribution in [-0.2, 0) is 27.3 Å². The molecule has 1 saturated heterocycles. The number of Topliss-reactive ketones (excluding diaryl/α,β-unsaturated/α-hetero) is 2. The molecule has 11 nitrogen and oxygen atoms in total. The molecule has 6 N–H and O–H groups in total. The van der Waals surface area contributed by atoms with E-state index in [0.717, 1.165) is 12.8 Å². The Labute approximate surface area is 230 Å². The lowest BCUT2D eigenvalue weighted by Crippen LogP contribution is -2.63. The number of likely N-dealkylation sites (tertiary alicyclic amines) is 1. The minimum Gasteiger partial charge on any atom is -0.510 e. The Hall–Kier alpha value is -3.32. The molecule has 216 valence electrons. The second kappa shape index (κ2) is 9.95. The lowest BCUT2D eigenvalue weighted by atomic mass is 9.58. The number of aliphatic hydroxyl groups excluding tert-OH is 2. The van der Waals surface area contributed by atoms with Crippen LogP contribution in [0.3, 0.4) is 0 Å². The highest BCUT2D eigenvalue weighted by molar-refractivity contribution is 6.24. The monoisotopic (exact) mass is 559 g/mol. The van der Waals surface area contributed by atoms with E-state index >= 15 is 4.39 Å². The van der Waals surface area contributed by atoms with E-state index in [1.54, 1.807) is 21.2 Å². The van der Waals surface area contributed by atoms with Crippen LogP contribution >= 0.6 is 0 Å². The predicted molar refractivity (Wildman–Crippen MR) is 139 cm³/mol. The molecule has 12 heteroatoms. The second-order valence-corrected chi connectivity index (χ2v) is 11.4. The standard InChI is InChI=1S/C28H34FN3O8/c1-31(2)22-16-9-12-8-15-19(17(33)10-13(21(15)29)11-32-6-4-14(40-3)5-7-32)23(34)18(12)25(36)28(16,39)26(37)20(24(22)35)27(30)38/h10,12,14,16,22,33,35-36,39H,4-9,11H2,1-3H3,(H2,30,38)/t12-,16-,22-,28-/m0/s1. The first kappa shape index (κ1) is 28.2. The minimum atomic E-state index is -2.73. The molecule has 3 aliphatic carbocycles. The number of ketones is 2. The number of ether oxygens (including phenoxy) is 1. The third kappa shape index (κ3) is 4.04. The van der Waals surface area contributed by atoms with Gasteiger partial charge in [-0.25, -0.2) is 4.39 Å². The summed E-state index contributed by atoms with van der Waals surface area (Å²) in [5.41, 5.74) is 1.31. The zero-order valence-electron chi connectivity index (χ0n) is 22.6. The number of fused-ring (bicyclic) bond motifs is 3. The Kier molecular flexibility index (Phi) is 7.02. The van der Waals surface area contributed by atoms with Gasteiger partial charge < -0.3 is 30.9 Å². The summed E-state index contributed by atoms with van der Waals surface area (Å²) in [6.07, 6.45) is 1.54. The Morgan fingerprint density at radius 1 is 1.23 bits per heavy atom. The number of aliphatic hydroxyl groups is 3. The summed E-state index contributed by atoms with van der Waals surface area (Å²) in [7, 11) is 4.75. The van der Waals surface area contributed by atoms with E-state index in [4.69, 9.17) is 10.5 Å². The van der Waals surface area contributed by atoms with Crippen molar-refractivity contribution in [1.82, 2.24) is 9.80 Å². The number of phenols is 1. The van der Waals surface area contributed by atoms with Crippen molar-refractivity contribution in [3.8, 4) is 5.75 Å². The number of rotatable bonds is 5. The van der Waals surface area contributed by atoms with Gasteiger partial charge in [-0.15, -0.1) is 0 Å². The molecule has 0 bridgehead atoms. The molecule has 4 atom stereocenters. The van der Waals surface area contributed by atoms with Crippen molar-refractivity contribution in [2.45, 2.75) is 50.0 Å². The third-order valence-electron chi connectivity index (χ3n) is 8.99. The fourth-order valence-electron chi connectivity index (χ4n) is 7.01. The fraction of sp³-hybridized carbons (Fsp3) is 0.536. The summed E-state index contributed by atoms with van der Waals surface area (Å²) in [4.78, 5) is 42.6. The minimum absolute atomic E-state index is 0.0000969. The molecule has 1 aromatic carbocycles. The summed E-state index contributed by atoms with van der Waals surface area (Å²) in [6, 6.07) is 0.0945. The van der Waals surface area contributed by atoms with Crippen molar-refractivity contribution in [2.75, 3.05) is 34.3 Å². The maximum atomic E-state index is 15.9. The van der Waals surface area contributed by atoms with Crippen LogP contribution in [0.15, 0.2) is 28.7 Å². The van der Waals surface area contributed by atoms with Gasteiger partial charge in [0, 0.05) is 49.4 Å². The number of hydrogen-bond donors (Lipinski definition) is 5. The quantitative estimate of drug-likeness (QED) is 0.326. The van der Waals surface area contributed by atoms with Crippen LogP contribution in [0.2, 0.25) is 0 Å². The van der Waals surface area contributed by atoms with E-state index in [2.05, 4.69) is 0 Å². The molecule has 0 unspecified atom stereocenters. The first-order valence-electron chi connectivity index (χ1n) is 13.3.